The summed E-state index contributed by atoms with van der Waals surface area (Å²) in [5, 5.41) is 5.13. The van der Waals surface area contributed by atoms with Gasteiger partial charge in [-0.2, -0.15) is 0 Å². The molecule has 35 heavy (non-hydrogen) atoms. The third-order valence-corrected chi connectivity index (χ3v) is 6.29. The molecule has 3 aromatic rings. The van der Waals surface area contributed by atoms with Crippen molar-refractivity contribution in [3.8, 4) is 5.75 Å². The predicted octanol–water partition coefficient (Wildman–Crippen LogP) is 5.67. The molecule has 0 radical (unpaired) electrons. The highest BCUT2D eigenvalue weighted by atomic mass is 35.5. The zero-order chi connectivity index (χ0) is 23.4. The number of hydrogen-bond acceptors (Lipinski definition) is 5. The number of urea groups is 1. The van der Waals surface area contributed by atoms with Crippen molar-refractivity contribution in [1.29, 1.82) is 0 Å². The molecular formula is C25H32Cl3N5O2. The van der Waals surface area contributed by atoms with E-state index in [2.05, 4.69) is 22.2 Å². The molecule has 0 atom stereocenters. The van der Waals surface area contributed by atoms with Crippen LogP contribution < -0.4 is 10.1 Å². The molecule has 1 aliphatic heterocycles. The van der Waals surface area contributed by atoms with Crippen LogP contribution in [0.1, 0.15) is 12.5 Å². The molecule has 1 fully saturated rings. The van der Waals surface area contributed by atoms with E-state index < -0.39 is 0 Å². The molecule has 1 saturated heterocycles. The van der Waals surface area contributed by atoms with Crippen molar-refractivity contribution in [1.82, 2.24) is 19.7 Å². The van der Waals surface area contributed by atoms with Crippen molar-refractivity contribution in [2.45, 2.75) is 13.5 Å². The second-order valence-corrected chi connectivity index (χ2v) is 8.70. The second-order valence-electron chi connectivity index (χ2n) is 8.26. The number of ether oxygens (including phenoxy) is 1. The summed E-state index contributed by atoms with van der Waals surface area (Å²) < 4.78 is 5.61. The van der Waals surface area contributed by atoms with Gasteiger partial charge in [0.25, 0.3) is 0 Å². The van der Waals surface area contributed by atoms with E-state index >= 15 is 0 Å². The number of carbonyl (C=O) groups excluding carboxylic acids is 1. The lowest BCUT2D eigenvalue weighted by atomic mass is 10.1. The molecule has 2 heterocycles. The average molecular weight is 541 g/mol. The molecule has 10 heteroatoms. The van der Waals surface area contributed by atoms with Gasteiger partial charge in [-0.05, 0) is 56.4 Å². The molecule has 4 rings (SSSR count). The number of nitrogens with one attached hydrogen (secondary N) is 1. The standard InChI is InChI=1S/C25H30ClN5O2.2ClH/c1-4-30(25(32)31-13-11-29(2)12-14-31)17-18-15-20(6-8-24(18)33-3)28-22-9-10-27-23-16-19(26)5-7-21(22)23;;/h5-10,15-16H,4,11-14,17H2,1-3H3,(H,27,28);2*1H. The van der Waals surface area contributed by atoms with Crippen LogP contribution in [0.5, 0.6) is 5.75 Å². The Morgan fingerprint density at radius 2 is 1.86 bits per heavy atom. The van der Waals surface area contributed by atoms with Crippen molar-refractivity contribution >= 4 is 64.7 Å². The van der Waals surface area contributed by atoms with Crippen LogP contribution in [0.3, 0.4) is 0 Å². The molecule has 2 amide bonds. The summed E-state index contributed by atoms with van der Waals surface area (Å²) >= 11 is 6.12. The Morgan fingerprint density at radius 3 is 2.54 bits per heavy atom. The molecule has 1 N–H and O–H groups in total. The predicted molar refractivity (Wildman–Crippen MR) is 148 cm³/mol. The zero-order valence-electron chi connectivity index (χ0n) is 20.2. The fourth-order valence-electron chi connectivity index (χ4n) is 4.08. The Labute approximate surface area is 224 Å². The number of fused-ring (bicyclic) bond motifs is 1. The molecular weight excluding hydrogens is 509 g/mol. The minimum atomic E-state index is 0. The van der Waals surface area contributed by atoms with Crippen molar-refractivity contribution in [3.63, 3.8) is 0 Å². The van der Waals surface area contributed by atoms with Crippen LogP contribution in [-0.4, -0.2) is 72.6 Å². The Morgan fingerprint density at radius 1 is 1.11 bits per heavy atom. The van der Waals surface area contributed by atoms with E-state index in [9.17, 15) is 4.79 Å². The van der Waals surface area contributed by atoms with Crippen LogP contribution in [0.2, 0.25) is 5.02 Å². The van der Waals surface area contributed by atoms with Crippen LogP contribution in [0, 0.1) is 0 Å². The molecule has 0 unspecified atom stereocenters. The van der Waals surface area contributed by atoms with Gasteiger partial charge in [0.05, 0.1) is 19.2 Å². The fraction of sp³-hybridized carbons (Fsp3) is 0.360. The minimum absolute atomic E-state index is 0. The number of methoxy groups -OCH3 is 1. The van der Waals surface area contributed by atoms with Crippen molar-refractivity contribution < 1.29 is 9.53 Å². The molecule has 0 aliphatic carbocycles. The van der Waals surface area contributed by atoms with Gasteiger partial charge >= 0.3 is 6.03 Å². The van der Waals surface area contributed by atoms with Gasteiger partial charge in [0.1, 0.15) is 5.75 Å². The quantitative estimate of drug-likeness (QED) is 0.436. The maximum absolute atomic E-state index is 13.1. The van der Waals surface area contributed by atoms with Crippen molar-refractivity contribution in [2.24, 2.45) is 0 Å². The van der Waals surface area contributed by atoms with E-state index in [1.165, 1.54) is 0 Å². The maximum atomic E-state index is 13.1. The van der Waals surface area contributed by atoms with E-state index in [4.69, 9.17) is 16.3 Å². The Hall–Kier alpha value is -2.45. The maximum Gasteiger partial charge on any atom is 0.320 e. The van der Waals surface area contributed by atoms with E-state index in [1.54, 1.807) is 13.3 Å². The second kappa shape index (κ2) is 13.0. The van der Waals surface area contributed by atoms with E-state index in [0.29, 0.717) is 18.1 Å². The van der Waals surface area contributed by atoms with Gasteiger partial charge in [-0.25, -0.2) is 4.79 Å². The number of benzene rings is 2. The van der Waals surface area contributed by atoms with Gasteiger partial charge in [-0.1, -0.05) is 11.6 Å². The highest BCUT2D eigenvalue weighted by Gasteiger charge is 2.24. The molecule has 190 valence electrons. The molecule has 0 saturated carbocycles. The monoisotopic (exact) mass is 539 g/mol. The summed E-state index contributed by atoms with van der Waals surface area (Å²) in [5.74, 6) is 0.761. The first-order valence-electron chi connectivity index (χ1n) is 11.2. The highest BCUT2D eigenvalue weighted by molar-refractivity contribution is 6.31. The summed E-state index contributed by atoms with van der Waals surface area (Å²) in [4.78, 5) is 23.6. The van der Waals surface area contributed by atoms with Crippen LogP contribution in [0.4, 0.5) is 16.2 Å². The molecule has 1 aliphatic rings. The largest absolute Gasteiger partial charge is 0.496 e. The third-order valence-electron chi connectivity index (χ3n) is 6.05. The summed E-state index contributed by atoms with van der Waals surface area (Å²) in [6, 6.07) is 13.6. The summed E-state index contributed by atoms with van der Waals surface area (Å²) in [6.45, 7) is 6.42. The van der Waals surface area contributed by atoms with E-state index in [0.717, 1.165) is 59.8 Å². The van der Waals surface area contributed by atoms with Gasteiger partial charge in [-0.3, -0.25) is 4.98 Å². The highest BCUT2D eigenvalue weighted by Crippen LogP contribution is 2.30. The van der Waals surface area contributed by atoms with E-state index in [-0.39, 0.29) is 30.8 Å². The Bertz CT molecular complexity index is 1140. The fourth-order valence-corrected chi connectivity index (χ4v) is 4.25. The number of piperazine rings is 1. The zero-order valence-corrected chi connectivity index (χ0v) is 22.6. The summed E-state index contributed by atoms with van der Waals surface area (Å²) in [6.07, 6.45) is 1.76. The molecule has 0 spiro atoms. The molecule has 1 aromatic heterocycles. The lowest BCUT2D eigenvalue weighted by molar-refractivity contribution is 0.121. The first-order valence-corrected chi connectivity index (χ1v) is 11.6. The van der Waals surface area contributed by atoms with Gasteiger partial charge in [0, 0.05) is 66.3 Å². The van der Waals surface area contributed by atoms with Crippen LogP contribution >= 0.6 is 36.4 Å². The molecule has 0 bridgehead atoms. The smallest absolute Gasteiger partial charge is 0.320 e. The first-order chi connectivity index (χ1) is 16.0. The number of pyridine rings is 1. The van der Waals surface area contributed by atoms with Gasteiger partial charge in [0.15, 0.2) is 0 Å². The Kier molecular flexibility index (Phi) is 10.7. The van der Waals surface area contributed by atoms with Gasteiger partial charge < -0.3 is 24.8 Å². The lowest BCUT2D eigenvalue weighted by Crippen LogP contribution is -2.51. The van der Waals surface area contributed by atoms with Crippen molar-refractivity contribution in [3.05, 3.63) is 59.2 Å². The van der Waals surface area contributed by atoms with Gasteiger partial charge in [0.2, 0.25) is 0 Å². The number of likely N-dealkylation sites (N-methyl/N-ethyl adjacent to an activating group) is 1. The number of rotatable bonds is 6. The lowest BCUT2D eigenvalue weighted by Gasteiger charge is -2.36. The first kappa shape index (κ1) is 28.8. The van der Waals surface area contributed by atoms with E-state index in [1.807, 2.05) is 59.2 Å². The van der Waals surface area contributed by atoms with Crippen LogP contribution in [0.15, 0.2) is 48.7 Å². The Balaban J connectivity index is 0.00000216. The number of amides is 2. The number of halogens is 3. The molecule has 7 nitrogen and oxygen atoms in total. The SMILES string of the molecule is CCN(Cc1cc(Nc2ccnc3cc(Cl)ccc23)ccc1OC)C(=O)N1CCN(C)CC1.Cl.Cl. The normalized spacial score (nSPS) is 13.5. The average Bonchev–Trinajstić information content (AvgIpc) is 2.82. The van der Waals surface area contributed by atoms with Crippen LogP contribution in [-0.2, 0) is 6.54 Å². The number of carbonyl (C=O) groups is 1. The number of hydrogen-bond donors (Lipinski definition) is 1. The number of aromatic nitrogens is 1. The topological polar surface area (TPSA) is 60.9 Å². The molecule has 2 aromatic carbocycles. The third kappa shape index (κ3) is 6.82. The summed E-state index contributed by atoms with van der Waals surface area (Å²) in [5.41, 5.74) is 3.63. The van der Waals surface area contributed by atoms with Gasteiger partial charge in [-0.15, -0.1) is 24.8 Å². The number of anilines is 2. The van der Waals surface area contributed by atoms with Crippen molar-refractivity contribution in [2.75, 3.05) is 52.2 Å². The minimum Gasteiger partial charge on any atom is -0.496 e. The summed E-state index contributed by atoms with van der Waals surface area (Å²) in [7, 11) is 3.74. The number of nitrogens with zero attached hydrogens (tertiary/aromatic N) is 4. The van der Waals surface area contributed by atoms with Crippen LogP contribution in [0.25, 0.3) is 10.9 Å².